The number of fused-ring (bicyclic) bond motifs is 5. The third-order valence-corrected chi connectivity index (χ3v) is 13.2. The van der Waals surface area contributed by atoms with Crippen LogP contribution in [0.25, 0.3) is 0 Å². The maximum atomic E-state index is 14.2. The fourth-order valence-electron chi connectivity index (χ4n) is 6.77. The number of hydrogen-bond donors (Lipinski definition) is 3. The number of ether oxygens (including phenoxy) is 5. The van der Waals surface area contributed by atoms with Crippen LogP contribution in [-0.2, 0) is 44.5 Å². The summed E-state index contributed by atoms with van der Waals surface area (Å²) in [5, 5.41) is 23.3. The van der Waals surface area contributed by atoms with Gasteiger partial charge < -0.3 is 43.7 Å². The molecule has 3 heterocycles. The summed E-state index contributed by atoms with van der Waals surface area (Å²) >= 11 is 6.76. The van der Waals surface area contributed by atoms with Gasteiger partial charge in [0.2, 0.25) is 11.8 Å². The highest BCUT2D eigenvalue weighted by atomic mass is 35.5. The van der Waals surface area contributed by atoms with Gasteiger partial charge >= 0.3 is 18.0 Å². The number of aliphatic hydroxyl groups is 1. The first-order valence-corrected chi connectivity index (χ1v) is 21.0. The first kappa shape index (κ1) is 45.2. The van der Waals surface area contributed by atoms with Crippen LogP contribution in [0.2, 0.25) is 5.02 Å². The molecule has 3 aliphatic rings. The van der Waals surface area contributed by atoms with Crippen molar-refractivity contribution in [3.63, 3.8) is 0 Å². The zero-order chi connectivity index (χ0) is 41.5. The number of nitrogens with one attached hydrogen (secondary N) is 1. The van der Waals surface area contributed by atoms with Gasteiger partial charge in [0, 0.05) is 51.5 Å². The van der Waals surface area contributed by atoms with Crippen molar-refractivity contribution in [2.45, 2.75) is 102 Å². The van der Waals surface area contributed by atoms with Crippen molar-refractivity contribution in [1.82, 2.24) is 10.2 Å². The highest BCUT2D eigenvalue weighted by molar-refractivity contribution is 8.76. The largest absolute Gasteiger partial charge is 0.495 e. The van der Waals surface area contributed by atoms with E-state index >= 15 is 0 Å². The van der Waals surface area contributed by atoms with Gasteiger partial charge in [-0.2, -0.15) is 0 Å². The summed E-state index contributed by atoms with van der Waals surface area (Å²) in [5.41, 5.74) is -1.02. The minimum absolute atomic E-state index is 0.0120. The van der Waals surface area contributed by atoms with Gasteiger partial charge in [-0.3, -0.25) is 19.7 Å². The average molecular weight is 842 g/mol. The number of amides is 3. The highest BCUT2D eigenvalue weighted by Crippen LogP contribution is 2.49. The monoisotopic (exact) mass is 841 g/mol. The van der Waals surface area contributed by atoms with E-state index in [1.165, 1.54) is 59.6 Å². The van der Waals surface area contributed by atoms with Gasteiger partial charge in [-0.15, -0.1) is 0 Å². The van der Waals surface area contributed by atoms with E-state index in [2.05, 4.69) is 5.32 Å². The molecule has 1 aromatic rings. The Kier molecular flexibility index (Phi) is 15.6. The third-order valence-electron chi connectivity index (χ3n) is 10.4. The van der Waals surface area contributed by atoms with Crippen LogP contribution in [0.1, 0.15) is 58.9 Å². The summed E-state index contributed by atoms with van der Waals surface area (Å²) in [6.45, 7) is 6.91. The van der Waals surface area contributed by atoms with Crippen molar-refractivity contribution < 1.29 is 57.9 Å². The summed E-state index contributed by atoms with van der Waals surface area (Å²) < 4.78 is 29.2. The number of allylic oxidation sites excluding steroid dienone is 3. The molecule has 2 saturated heterocycles. The number of carbonyl (C=O) groups is 5. The number of benzene rings is 1. The first-order chi connectivity index (χ1) is 26.3. The molecule has 8 atom stereocenters. The predicted molar refractivity (Wildman–Crippen MR) is 213 cm³/mol. The van der Waals surface area contributed by atoms with E-state index in [1.807, 2.05) is 13.0 Å². The molecule has 18 heteroatoms. The number of methoxy groups -OCH3 is 2. The number of alkyl carbamates (subject to hydrolysis) is 1. The second-order valence-electron chi connectivity index (χ2n) is 14.4. The van der Waals surface area contributed by atoms with E-state index in [0.29, 0.717) is 29.4 Å². The maximum absolute atomic E-state index is 14.2. The van der Waals surface area contributed by atoms with Crippen LogP contribution < -0.4 is 15.0 Å². The van der Waals surface area contributed by atoms with Crippen molar-refractivity contribution in [3.05, 3.63) is 46.5 Å². The molecule has 3 aliphatic heterocycles. The van der Waals surface area contributed by atoms with E-state index in [4.69, 9.17) is 40.4 Å². The van der Waals surface area contributed by atoms with Crippen molar-refractivity contribution in [2.24, 2.45) is 5.92 Å². The summed E-state index contributed by atoms with van der Waals surface area (Å²) in [5.74, 6) is -1.84. The molecule has 56 heavy (non-hydrogen) atoms. The minimum Gasteiger partial charge on any atom is -0.495 e. The molecule has 0 radical (unpaired) electrons. The molecule has 0 saturated carbocycles. The van der Waals surface area contributed by atoms with Gasteiger partial charge in [0.1, 0.15) is 40.7 Å². The van der Waals surface area contributed by atoms with E-state index < -0.39 is 71.6 Å². The SMILES string of the molecule is COc1cc2cc(c1Cl)N(C)C(=O)C[C@H](OC(=O)[C@H](C)N(C)C(=O)CCSSCCC(=O)O)[C@]1(C)O[C@@H]1[C@@H](C)[C@@H]1C[C@@](O)(NC(=O)O1)[C@H](OC)/C=C/C=C(\C)C2. The summed E-state index contributed by atoms with van der Waals surface area (Å²) in [6.07, 6.45) is 0.817. The van der Waals surface area contributed by atoms with Gasteiger partial charge in [0.15, 0.2) is 5.72 Å². The number of likely N-dealkylation sites (N-methyl/N-ethyl adjacent to an activating group) is 1. The molecule has 310 valence electrons. The molecule has 0 unspecified atom stereocenters. The molecule has 2 fully saturated rings. The molecule has 4 bridgehead atoms. The van der Waals surface area contributed by atoms with Crippen LogP contribution in [0.4, 0.5) is 10.5 Å². The highest BCUT2D eigenvalue weighted by Gasteiger charge is 2.64. The number of esters is 1. The minimum atomic E-state index is -1.85. The zero-order valence-corrected chi connectivity index (χ0v) is 35.3. The quantitative estimate of drug-likeness (QED) is 0.113. The number of halogens is 1. The van der Waals surface area contributed by atoms with E-state index in [9.17, 15) is 29.1 Å². The zero-order valence-electron chi connectivity index (χ0n) is 32.9. The van der Waals surface area contributed by atoms with Crippen molar-refractivity contribution in [2.75, 3.05) is 44.7 Å². The molecule has 0 aliphatic carbocycles. The number of carbonyl (C=O) groups excluding carboxylic acids is 4. The maximum Gasteiger partial charge on any atom is 0.409 e. The average Bonchev–Trinajstić information content (AvgIpc) is 3.84. The lowest BCUT2D eigenvalue weighted by Crippen LogP contribution is -2.63. The molecule has 3 N–H and O–H groups in total. The Morgan fingerprint density at radius 1 is 1.18 bits per heavy atom. The number of aliphatic carboxylic acids is 1. The number of hydrogen-bond acceptors (Lipinski definition) is 13. The Morgan fingerprint density at radius 2 is 1.86 bits per heavy atom. The van der Waals surface area contributed by atoms with Crippen molar-refractivity contribution in [1.29, 1.82) is 0 Å². The molecule has 15 nitrogen and oxygen atoms in total. The molecule has 3 amide bonds. The number of anilines is 1. The fourth-order valence-corrected chi connectivity index (χ4v) is 9.04. The Hall–Kier alpha value is -3.48. The van der Waals surface area contributed by atoms with E-state index in [0.717, 1.165) is 11.1 Å². The van der Waals surface area contributed by atoms with Crippen molar-refractivity contribution >= 4 is 68.7 Å². The van der Waals surface area contributed by atoms with Crippen LogP contribution >= 0.6 is 33.2 Å². The number of carboxylic acid groups (broad SMARTS) is 1. The second-order valence-corrected chi connectivity index (χ2v) is 17.5. The molecule has 0 aromatic heterocycles. The molecular weight excluding hydrogens is 790 g/mol. The first-order valence-electron chi connectivity index (χ1n) is 18.2. The summed E-state index contributed by atoms with van der Waals surface area (Å²) in [4.78, 5) is 67.2. The van der Waals surface area contributed by atoms with Gasteiger partial charge in [-0.25, -0.2) is 9.59 Å². The smallest absolute Gasteiger partial charge is 0.409 e. The summed E-state index contributed by atoms with van der Waals surface area (Å²) in [7, 11) is 8.66. The Bertz CT molecular complexity index is 1710. The fraction of sp³-hybridized carbons (Fsp3) is 0.605. The molecule has 4 rings (SSSR count). The van der Waals surface area contributed by atoms with Crippen LogP contribution in [0.15, 0.2) is 35.9 Å². The number of rotatable bonds is 12. The Balaban J connectivity index is 1.66. The number of epoxide rings is 1. The van der Waals surface area contributed by atoms with Gasteiger partial charge in [-0.05, 0) is 44.9 Å². The summed E-state index contributed by atoms with van der Waals surface area (Å²) in [6, 6.07) is 2.51. The van der Waals surface area contributed by atoms with Crippen LogP contribution in [0.5, 0.6) is 5.75 Å². The normalized spacial score (nSPS) is 30.1. The second kappa shape index (κ2) is 19.3. The third kappa shape index (κ3) is 10.9. The van der Waals surface area contributed by atoms with Gasteiger partial charge in [0.05, 0.1) is 31.7 Å². The lowest BCUT2D eigenvalue weighted by molar-refractivity contribution is -0.162. The van der Waals surface area contributed by atoms with Crippen molar-refractivity contribution in [3.8, 4) is 5.75 Å². The molecule has 1 aromatic carbocycles. The number of carboxylic acids is 1. The topological polar surface area (TPSA) is 194 Å². The standard InChI is InChI=1S/C38H52ClN3O12S2/c1-21-10-9-11-28(51-8)38(49)20-27(52-36(48)40-38)22(2)34-37(4,54-34)29(19-31(44)42(6)25-17-24(16-21)18-26(50-7)33(25)39)53-35(47)23(3)41(5)30(43)12-14-55-56-15-13-32(45)46/h9-11,17-18,22-23,27-29,34,49H,12-16,19-20H2,1-8H3,(H,40,48)(H,45,46)/b11-9+,21-10+/t22-,23-,27-,28+,29-,34+,37-,38-/m0/s1. The lowest BCUT2D eigenvalue weighted by atomic mass is 9.83. The Morgan fingerprint density at radius 3 is 2.50 bits per heavy atom. The number of nitrogens with zero attached hydrogens (tertiary/aromatic N) is 2. The van der Waals surface area contributed by atoms with Crippen LogP contribution in [-0.4, -0.2) is 127 Å². The van der Waals surface area contributed by atoms with Gasteiger partial charge in [-0.1, -0.05) is 63.9 Å². The van der Waals surface area contributed by atoms with Crippen LogP contribution in [0.3, 0.4) is 0 Å². The van der Waals surface area contributed by atoms with E-state index in [-0.39, 0.29) is 36.6 Å². The predicted octanol–water partition coefficient (Wildman–Crippen LogP) is 4.76. The van der Waals surface area contributed by atoms with Gasteiger partial charge in [0.25, 0.3) is 0 Å². The lowest BCUT2D eigenvalue weighted by Gasteiger charge is -2.42. The Labute approximate surface area is 340 Å². The van der Waals surface area contributed by atoms with E-state index in [1.54, 1.807) is 45.2 Å². The van der Waals surface area contributed by atoms with Crippen LogP contribution in [0, 0.1) is 5.92 Å². The molecular formula is C38H52ClN3O12S2. The molecule has 0 spiro atoms.